The van der Waals surface area contributed by atoms with Crippen LogP contribution in [0, 0.1) is 11.6 Å². The average Bonchev–Trinajstić information content (AvgIpc) is 2.53. The zero-order valence-electron chi connectivity index (χ0n) is 14.1. The monoisotopic (exact) mass is 339 g/mol. The lowest BCUT2D eigenvalue weighted by Crippen LogP contribution is -2.56. The lowest BCUT2D eigenvalue weighted by molar-refractivity contribution is -0.147. The van der Waals surface area contributed by atoms with Crippen LogP contribution in [0.5, 0.6) is 0 Å². The first-order chi connectivity index (χ1) is 11.5. The van der Waals surface area contributed by atoms with E-state index >= 15 is 0 Å². The molecule has 1 aliphatic carbocycles. The summed E-state index contributed by atoms with van der Waals surface area (Å²) in [6.07, 6.45) is 2.56. The molecular weight excluding hydrogens is 316 g/mol. The summed E-state index contributed by atoms with van der Waals surface area (Å²) < 4.78 is 38.4. The minimum atomic E-state index is -0.983. The molecule has 4 nitrogen and oxygen atoms in total. The highest BCUT2D eigenvalue weighted by Gasteiger charge is 2.47. The second kappa shape index (κ2) is 6.76. The van der Waals surface area contributed by atoms with Crippen LogP contribution in [-0.4, -0.2) is 50.3 Å². The zero-order chi connectivity index (χ0) is 17.3. The number of methoxy groups -OCH3 is 1. The molecular formula is C18H23F2NO3. The first kappa shape index (κ1) is 17.3. The standard InChI is InChI=1S/C18H23F2NO3/c1-21(13-10-14(11-13)23-2)17(22)18(5-7-24-8-6-18)15-4-3-12(19)9-16(15)20/h3-4,9,13-14H,5-8,10-11H2,1-2H3. The van der Waals surface area contributed by atoms with Crippen LogP contribution >= 0.6 is 0 Å². The van der Waals surface area contributed by atoms with Gasteiger partial charge in [0.2, 0.25) is 5.91 Å². The molecule has 1 aromatic carbocycles. The van der Waals surface area contributed by atoms with Gasteiger partial charge in [-0.2, -0.15) is 0 Å². The normalized spacial score (nSPS) is 25.8. The fourth-order valence-electron chi connectivity index (χ4n) is 3.75. The van der Waals surface area contributed by atoms with Crippen molar-refractivity contribution in [1.29, 1.82) is 0 Å². The molecule has 1 aromatic rings. The second-order valence-corrected chi connectivity index (χ2v) is 6.72. The van der Waals surface area contributed by atoms with Crippen LogP contribution in [0.1, 0.15) is 31.2 Å². The molecule has 0 unspecified atom stereocenters. The third-order valence-corrected chi connectivity index (χ3v) is 5.47. The molecule has 1 saturated carbocycles. The third kappa shape index (κ3) is 2.93. The van der Waals surface area contributed by atoms with E-state index in [0.717, 1.165) is 18.9 Å². The van der Waals surface area contributed by atoms with Gasteiger partial charge in [0.25, 0.3) is 0 Å². The van der Waals surface area contributed by atoms with E-state index in [-0.39, 0.29) is 23.6 Å². The summed E-state index contributed by atoms with van der Waals surface area (Å²) in [6.45, 7) is 0.781. The number of hydrogen-bond acceptors (Lipinski definition) is 3. The van der Waals surface area contributed by atoms with E-state index in [9.17, 15) is 13.6 Å². The molecule has 132 valence electrons. The predicted octanol–water partition coefficient (Wildman–Crippen LogP) is 2.65. The average molecular weight is 339 g/mol. The van der Waals surface area contributed by atoms with E-state index in [1.807, 2.05) is 0 Å². The Bertz CT molecular complexity index is 610. The van der Waals surface area contributed by atoms with Gasteiger partial charge in [-0.25, -0.2) is 8.78 Å². The highest BCUT2D eigenvalue weighted by Crippen LogP contribution is 2.40. The molecule has 1 saturated heterocycles. The maximum Gasteiger partial charge on any atom is 0.233 e. The molecule has 0 spiro atoms. The van der Waals surface area contributed by atoms with Crippen molar-refractivity contribution in [2.24, 2.45) is 0 Å². The van der Waals surface area contributed by atoms with Gasteiger partial charge in [0, 0.05) is 45.0 Å². The number of benzene rings is 1. The van der Waals surface area contributed by atoms with Gasteiger partial charge in [-0.3, -0.25) is 4.79 Å². The molecule has 0 atom stereocenters. The van der Waals surface area contributed by atoms with Crippen LogP contribution in [0.3, 0.4) is 0 Å². The third-order valence-electron chi connectivity index (χ3n) is 5.47. The molecule has 0 N–H and O–H groups in total. The van der Waals surface area contributed by atoms with Gasteiger partial charge in [0.05, 0.1) is 11.5 Å². The molecule has 3 rings (SSSR count). The molecule has 0 radical (unpaired) electrons. The minimum Gasteiger partial charge on any atom is -0.381 e. The van der Waals surface area contributed by atoms with Crippen molar-refractivity contribution in [2.45, 2.75) is 43.2 Å². The molecule has 0 bridgehead atoms. The van der Waals surface area contributed by atoms with Gasteiger partial charge < -0.3 is 14.4 Å². The van der Waals surface area contributed by atoms with Crippen LogP contribution < -0.4 is 0 Å². The molecule has 0 aromatic heterocycles. The van der Waals surface area contributed by atoms with E-state index in [4.69, 9.17) is 9.47 Å². The largest absolute Gasteiger partial charge is 0.381 e. The molecule has 1 aliphatic heterocycles. The highest BCUT2D eigenvalue weighted by atomic mass is 19.1. The summed E-state index contributed by atoms with van der Waals surface area (Å²) in [5, 5.41) is 0. The number of nitrogens with zero attached hydrogens (tertiary/aromatic N) is 1. The number of amides is 1. The maximum atomic E-state index is 14.4. The van der Waals surface area contributed by atoms with Crippen molar-refractivity contribution in [1.82, 2.24) is 4.90 Å². The summed E-state index contributed by atoms with van der Waals surface area (Å²) in [4.78, 5) is 15.0. The van der Waals surface area contributed by atoms with E-state index in [0.29, 0.717) is 26.1 Å². The van der Waals surface area contributed by atoms with Crippen molar-refractivity contribution in [3.8, 4) is 0 Å². The number of hydrogen-bond donors (Lipinski definition) is 0. The molecule has 24 heavy (non-hydrogen) atoms. The van der Waals surface area contributed by atoms with Crippen molar-refractivity contribution in [2.75, 3.05) is 27.4 Å². The van der Waals surface area contributed by atoms with Crippen molar-refractivity contribution >= 4 is 5.91 Å². The lowest BCUT2D eigenvalue weighted by atomic mass is 9.72. The second-order valence-electron chi connectivity index (χ2n) is 6.72. The Balaban J connectivity index is 1.89. The summed E-state index contributed by atoms with van der Waals surface area (Å²) >= 11 is 0. The Morgan fingerprint density at radius 1 is 1.29 bits per heavy atom. The maximum absolute atomic E-state index is 14.4. The smallest absolute Gasteiger partial charge is 0.233 e. The Labute approximate surface area is 140 Å². The summed E-state index contributed by atoms with van der Waals surface area (Å²) in [5.74, 6) is -1.42. The van der Waals surface area contributed by atoms with Crippen LogP contribution in [0.25, 0.3) is 0 Å². The zero-order valence-corrected chi connectivity index (χ0v) is 14.1. The Kier molecular flexibility index (Phi) is 4.88. The van der Waals surface area contributed by atoms with Crippen LogP contribution in [0.15, 0.2) is 18.2 Å². The van der Waals surface area contributed by atoms with Gasteiger partial charge in [-0.1, -0.05) is 6.07 Å². The molecule has 2 fully saturated rings. The molecule has 2 aliphatic rings. The first-order valence-electron chi connectivity index (χ1n) is 8.31. The Morgan fingerprint density at radius 2 is 1.96 bits per heavy atom. The number of carbonyl (C=O) groups excluding carboxylic acids is 1. The van der Waals surface area contributed by atoms with Crippen molar-refractivity contribution in [3.05, 3.63) is 35.4 Å². The Morgan fingerprint density at radius 3 is 2.54 bits per heavy atom. The quantitative estimate of drug-likeness (QED) is 0.846. The van der Waals surface area contributed by atoms with Crippen LogP contribution in [0.2, 0.25) is 0 Å². The Hall–Kier alpha value is -1.53. The summed E-state index contributed by atoms with van der Waals surface area (Å²) in [5.41, 5.74) is -0.713. The number of carbonyl (C=O) groups is 1. The van der Waals surface area contributed by atoms with Gasteiger partial charge in [0.1, 0.15) is 11.6 Å². The highest BCUT2D eigenvalue weighted by molar-refractivity contribution is 5.88. The first-order valence-corrected chi connectivity index (χ1v) is 8.31. The number of ether oxygens (including phenoxy) is 2. The van der Waals surface area contributed by atoms with Gasteiger partial charge >= 0.3 is 0 Å². The van der Waals surface area contributed by atoms with E-state index < -0.39 is 17.0 Å². The summed E-state index contributed by atoms with van der Waals surface area (Å²) in [7, 11) is 3.42. The predicted molar refractivity (Wildman–Crippen MR) is 84.7 cm³/mol. The van der Waals surface area contributed by atoms with E-state index in [2.05, 4.69) is 0 Å². The fraction of sp³-hybridized carbons (Fsp3) is 0.611. The summed E-state index contributed by atoms with van der Waals surface area (Å²) in [6, 6.07) is 3.57. The fourth-order valence-corrected chi connectivity index (χ4v) is 3.75. The number of halogens is 2. The van der Waals surface area contributed by atoms with Crippen LogP contribution in [-0.2, 0) is 19.7 Å². The van der Waals surface area contributed by atoms with Crippen molar-refractivity contribution < 1.29 is 23.0 Å². The number of rotatable bonds is 4. The topological polar surface area (TPSA) is 38.8 Å². The van der Waals surface area contributed by atoms with Gasteiger partial charge in [0.15, 0.2) is 0 Å². The SMILES string of the molecule is COC1CC(N(C)C(=O)C2(c3ccc(F)cc3F)CCOCC2)C1. The van der Waals surface area contributed by atoms with E-state index in [1.54, 1.807) is 19.1 Å². The van der Waals surface area contributed by atoms with E-state index in [1.165, 1.54) is 12.1 Å². The molecule has 1 amide bonds. The number of likely N-dealkylation sites (N-methyl/N-ethyl adjacent to an activating group) is 1. The van der Waals surface area contributed by atoms with Gasteiger partial charge in [-0.05, 0) is 31.7 Å². The molecule has 1 heterocycles. The minimum absolute atomic E-state index is 0.102. The van der Waals surface area contributed by atoms with Crippen LogP contribution in [0.4, 0.5) is 8.78 Å². The molecule has 6 heteroatoms. The van der Waals surface area contributed by atoms with Gasteiger partial charge in [-0.15, -0.1) is 0 Å². The lowest BCUT2D eigenvalue weighted by Gasteiger charge is -2.45. The van der Waals surface area contributed by atoms with Crippen molar-refractivity contribution in [3.63, 3.8) is 0 Å².